The molecular weight excluding hydrogens is 182 g/mol. The van der Waals surface area contributed by atoms with Crippen LogP contribution in [0.4, 0.5) is 0 Å². The van der Waals surface area contributed by atoms with Crippen LogP contribution in [0.15, 0.2) is 0 Å². The minimum atomic E-state index is 0.893. The molecule has 0 atom stereocenters. The molecule has 0 aliphatic carbocycles. The van der Waals surface area contributed by atoms with Gasteiger partial charge in [0.15, 0.2) is 0 Å². The molecule has 15 heavy (non-hydrogen) atoms. The summed E-state index contributed by atoms with van der Waals surface area (Å²) in [6.45, 7) is 14.9. The highest BCUT2D eigenvalue weighted by Crippen LogP contribution is 2.23. The second kappa shape index (κ2) is 9.21. The molecule has 0 bridgehead atoms. The van der Waals surface area contributed by atoms with Crippen molar-refractivity contribution in [1.82, 2.24) is 4.90 Å². The van der Waals surface area contributed by atoms with Crippen molar-refractivity contribution in [3.8, 4) is 0 Å². The van der Waals surface area contributed by atoms with Crippen LogP contribution in [0.5, 0.6) is 0 Å². The van der Waals surface area contributed by atoms with Gasteiger partial charge in [-0.3, -0.25) is 0 Å². The Balaban J connectivity index is 0.000000921. The maximum Gasteiger partial charge on any atom is -0.00162 e. The van der Waals surface area contributed by atoms with Gasteiger partial charge < -0.3 is 4.90 Å². The lowest BCUT2D eigenvalue weighted by Gasteiger charge is -2.31. The summed E-state index contributed by atoms with van der Waals surface area (Å²) in [6, 6.07) is 0. The zero-order chi connectivity index (χ0) is 11.7. The molecular formula is C14H31N. The van der Waals surface area contributed by atoms with Crippen LogP contribution in [-0.2, 0) is 0 Å². The van der Waals surface area contributed by atoms with Crippen LogP contribution in [0.1, 0.15) is 60.3 Å². The van der Waals surface area contributed by atoms with E-state index in [0.717, 1.165) is 11.8 Å². The topological polar surface area (TPSA) is 3.24 Å². The van der Waals surface area contributed by atoms with E-state index in [1.807, 2.05) is 13.8 Å². The van der Waals surface area contributed by atoms with Crippen LogP contribution in [0.25, 0.3) is 0 Å². The highest BCUT2D eigenvalue weighted by Gasteiger charge is 2.17. The third-order valence-corrected chi connectivity index (χ3v) is 3.31. The van der Waals surface area contributed by atoms with Gasteiger partial charge in [0.1, 0.15) is 0 Å². The van der Waals surface area contributed by atoms with E-state index in [9.17, 15) is 0 Å². The number of piperidine rings is 1. The average molecular weight is 213 g/mol. The predicted molar refractivity (Wildman–Crippen MR) is 70.3 cm³/mol. The van der Waals surface area contributed by atoms with Gasteiger partial charge in [-0.25, -0.2) is 0 Å². The van der Waals surface area contributed by atoms with E-state index in [0.29, 0.717) is 0 Å². The van der Waals surface area contributed by atoms with Crippen molar-refractivity contribution in [2.75, 3.05) is 19.6 Å². The largest absolute Gasteiger partial charge is 0.304 e. The van der Waals surface area contributed by atoms with Crippen molar-refractivity contribution in [1.29, 1.82) is 0 Å². The first-order valence-electron chi connectivity index (χ1n) is 6.94. The van der Waals surface area contributed by atoms with Gasteiger partial charge in [0.25, 0.3) is 0 Å². The van der Waals surface area contributed by atoms with Crippen LogP contribution in [0, 0.1) is 11.8 Å². The van der Waals surface area contributed by atoms with E-state index < -0.39 is 0 Å². The number of hydrogen-bond donors (Lipinski definition) is 0. The highest BCUT2D eigenvalue weighted by molar-refractivity contribution is 4.71. The summed E-state index contributed by atoms with van der Waals surface area (Å²) < 4.78 is 0. The van der Waals surface area contributed by atoms with Crippen LogP contribution in [-0.4, -0.2) is 24.5 Å². The van der Waals surface area contributed by atoms with Crippen LogP contribution >= 0.6 is 0 Å². The van der Waals surface area contributed by atoms with E-state index in [-0.39, 0.29) is 0 Å². The molecule has 0 aromatic carbocycles. The first-order valence-corrected chi connectivity index (χ1v) is 6.94. The van der Waals surface area contributed by atoms with E-state index in [4.69, 9.17) is 0 Å². The van der Waals surface area contributed by atoms with Crippen LogP contribution < -0.4 is 0 Å². The summed E-state index contributed by atoms with van der Waals surface area (Å²) in [6.07, 6.45) is 5.78. The van der Waals surface area contributed by atoms with Crippen molar-refractivity contribution in [3.63, 3.8) is 0 Å². The van der Waals surface area contributed by atoms with Crippen molar-refractivity contribution in [3.05, 3.63) is 0 Å². The van der Waals surface area contributed by atoms with Crippen LogP contribution in [0.3, 0.4) is 0 Å². The number of rotatable bonds is 4. The second-order valence-electron chi connectivity index (χ2n) is 4.85. The molecule has 0 spiro atoms. The van der Waals surface area contributed by atoms with Crippen LogP contribution in [0.2, 0.25) is 0 Å². The predicted octanol–water partition coefficient (Wildman–Crippen LogP) is 4.18. The Hall–Kier alpha value is -0.0400. The first-order chi connectivity index (χ1) is 7.22. The Morgan fingerprint density at radius 3 is 2.07 bits per heavy atom. The van der Waals surface area contributed by atoms with Crippen molar-refractivity contribution < 1.29 is 0 Å². The summed E-state index contributed by atoms with van der Waals surface area (Å²) in [5, 5.41) is 0. The molecule has 0 saturated carbocycles. The molecule has 1 heteroatoms. The third kappa shape index (κ3) is 6.94. The Morgan fingerprint density at radius 2 is 1.67 bits per heavy atom. The minimum Gasteiger partial charge on any atom is -0.304 e. The third-order valence-electron chi connectivity index (χ3n) is 3.31. The van der Waals surface area contributed by atoms with Gasteiger partial charge in [-0.15, -0.1) is 0 Å². The lowest BCUT2D eigenvalue weighted by Crippen LogP contribution is -2.33. The molecule has 92 valence electrons. The highest BCUT2D eigenvalue weighted by atomic mass is 15.1. The zero-order valence-electron chi connectivity index (χ0n) is 11.6. The Bertz CT molecular complexity index is 123. The molecule has 1 fully saturated rings. The number of nitrogens with zero attached hydrogens (tertiary/aromatic N) is 1. The van der Waals surface area contributed by atoms with Gasteiger partial charge in [-0.1, -0.05) is 47.5 Å². The Kier molecular flexibility index (Phi) is 9.18. The lowest BCUT2D eigenvalue weighted by atomic mass is 9.90. The fourth-order valence-electron chi connectivity index (χ4n) is 2.16. The number of hydrogen-bond acceptors (Lipinski definition) is 1. The monoisotopic (exact) mass is 213 g/mol. The molecule has 0 N–H and O–H groups in total. The molecule has 1 nitrogen and oxygen atoms in total. The molecule has 1 rings (SSSR count). The Morgan fingerprint density at radius 1 is 1.13 bits per heavy atom. The molecule has 1 saturated heterocycles. The summed E-state index contributed by atoms with van der Waals surface area (Å²) in [4.78, 5) is 2.58. The standard InChI is InChI=1S/C12H25N.C2H6/c1-4-13-9-7-12(8-10-13)6-5-11(2)3;1-2/h11-12H,4-10H2,1-3H3;1-2H3. The summed E-state index contributed by atoms with van der Waals surface area (Å²) >= 11 is 0. The van der Waals surface area contributed by atoms with Gasteiger partial charge in [0.05, 0.1) is 0 Å². The molecule has 1 aliphatic heterocycles. The summed E-state index contributed by atoms with van der Waals surface area (Å²) in [5.41, 5.74) is 0. The molecule has 0 unspecified atom stereocenters. The number of likely N-dealkylation sites (tertiary alicyclic amines) is 1. The van der Waals surface area contributed by atoms with E-state index >= 15 is 0 Å². The second-order valence-corrected chi connectivity index (χ2v) is 4.85. The summed E-state index contributed by atoms with van der Waals surface area (Å²) in [7, 11) is 0. The molecule has 0 radical (unpaired) electrons. The molecule has 0 aromatic heterocycles. The minimum absolute atomic E-state index is 0.893. The summed E-state index contributed by atoms with van der Waals surface area (Å²) in [5.74, 6) is 1.93. The maximum atomic E-state index is 2.58. The quantitative estimate of drug-likeness (QED) is 0.677. The van der Waals surface area contributed by atoms with E-state index in [2.05, 4.69) is 25.7 Å². The van der Waals surface area contributed by atoms with Gasteiger partial charge >= 0.3 is 0 Å². The normalized spacial score (nSPS) is 18.8. The molecule has 1 aliphatic rings. The lowest BCUT2D eigenvalue weighted by molar-refractivity contribution is 0.182. The Labute approximate surface area is 97.2 Å². The van der Waals surface area contributed by atoms with Gasteiger partial charge in [-0.05, 0) is 44.3 Å². The SMILES string of the molecule is CC.CCN1CCC(CCC(C)C)CC1. The van der Waals surface area contributed by atoms with E-state index in [1.165, 1.54) is 45.3 Å². The van der Waals surface area contributed by atoms with Gasteiger partial charge in [-0.2, -0.15) is 0 Å². The van der Waals surface area contributed by atoms with Crippen molar-refractivity contribution >= 4 is 0 Å². The van der Waals surface area contributed by atoms with Crippen molar-refractivity contribution in [2.45, 2.75) is 60.3 Å². The zero-order valence-corrected chi connectivity index (χ0v) is 11.6. The molecule has 0 amide bonds. The van der Waals surface area contributed by atoms with Gasteiger partial charge in [0, 0.05) is 0 Å². The first kappa shape index (κ1) is 15.0. The molecule has 1 heterocycles. The fourth-order valence-corrected chi connectivity index (χ4v) is 2.16. The smallest absolute Gasteiger partial charge is 0.00162 e. The van der Waals surface area contributed by atoms with E-state index in [1.54, 1.807) is 0 Å². The maximum absolute atomic E-state index is 2.58. The van der Waals surface area contributed by atoms with Gasteiger partial charge in [0.2, 0.25) is 0 Å². The average Bonchev–Trinajstić information content (AvgIpc) is 2.30. The van der Waals surface area contributed by atoms with Crippen molar-refractivity contribution in [2.24, 2.45) is 11.8 Å². The molecule has 0 aromatic rings. The fraction of sp³-hybridized carbons (Fsp3) is 1.00.